The van der Waals surface area contributed by atoms with E-state index in [1.54, 1.807) is 0 Å². The number of aromatic nitrogens is 2. The predicted molar refractivity (Wildman–Crippen MR) is 113 cm³/mol. The molecule has 7 nitrogen and oxygen atoms in total. The van der Waals surface area contributed by atoms with Crippen LogP contribution < -0.4 is 10.6 Å². The van der Waals surface area contributed by atoms with Crippen LogP contribution >= 0.6 is 23.1 Å². The molecule has 2 amide bonds. The Balaban J connectivity index is 1.33. The molecule has 28 heavy (non-hydrogen) atoms. The predicted octanol–water partition coefficient (Wildman–Crippen LogP) is 2.87. The van der Waals surface area contributed by atoms with Crippen LogP contribution in [0.1, 0.15) is 35.5 Å². The van der Waals surface area contributed by atoms with Gasteiger partial charge in [0.2, 0.25) is 10.9 Å². The minimum atomic E-state index is -0.294. The first-order valence-corrected chi connectivity index (χ1v) is 11.3. The number of anilines is 1. The number of nitrogens with zero attached hydrogens (tertiary/aromatic N) is 3. The van der Waals surface area contributed by atoms with Crippen molar-refractivity contribution in [3.63, 3.8) is 0 Å². The van der Waals surface area contributed by atoms with Crippen LogP contribution in [-0.2, 0) is 4.79 Å². The van der Waals surface area contributed by atoms with E-state index in [1.165, 1.54) is 55.5 Å². The third-order valence-electron chi connectivity index (χ3n) is 4.38. The zero-order chi connectivity index (χ0) is 19.6. The van der Waals surface area contributed by atoms with E-state index in [9.17, 15) is 9.59 Å². The van der Waals surface area contributed by atoms with E-state index in [0.29, 0.717) is 16.6 Å². The summed E-state index contributed by atoms with van der Waals surface area (Å²) in [6, 6.07) is 9.20. The zero-order valence-corrected chi connectivity index (χ0v) is 17.4. The molecular formula is C19H25N5O2S2. The number of nitrogens with one attached hydrogen (secondary N) is 2. The van der Waals surface area contributed by atoms with Gasteiger partial charge in [-0.15, -0.1) is 10.2 Å². The van der Waals surface area contributed by atoms with E-state index < -0.39 is 0 Å². The lowest BCUT2D eigenvalue weighted by atomic mass is 10.1. The first-order chi connectivity index (χ1) is 13.7. The average molecular weight is 420 g/mol. The maximum absolute atomic E-state index is 12.2. The molecule has 2 heterocycles. The highest BCUT2D eigenvalue weighted by Crippen LogP contribution is 2.22. The maximum Gasteiger partial charge on any atom is 0.286 e. The zero-order valence-electron chi connectivity index (χ0n) is 15.7. The Morgan fingerprint density at radius 1 is 1.11 bits per heavy atom. The molecule has 0 radical (unpaired) electrons. The molecule has 9 heteroatoms. The maximum atomic E-state index is 12.2. The van der Waals surface area contributed by atoms with Crippen molar-refractivity contribution in [1.82, 2.24) is 20.4 Å². The lowest BCUT2D eigenvalue weighted by molar-refractivity contribution is -0.118. The molecule has 3 rings (SSSR count). The van der Waals surface area contributed by atoms with Crippen molar-refractivity contribution in [3.8, 4) is 0 Å². The second-order valence-electron chi connectivity index (χ2n) is 6.59. The molecule has 0 atom stereocenters. The summed E-state index contributed by atoms with van der Waals surface area (Å²) in [6.45, 7) is 4.10. The lowest BCUT2D eigenvalue weighted by Gasteiger charge is -2.26. The number of thioether (sulfide) groups is 1. The summed E-state index contributed by atoms with van der Waals surface area (Å²) in [5, 5.41) is 13.9. The third kappa shape index (κ3) is 6.88. The Morgan fingerprint density at radius 3 is 2.68 bits per heavy atom. The van der Waals surface area contributed by atoms with Crippen molar-refractivity contribution in [2.45, 2.75) is 30.0 Å². The van der Waals surface area contributed by atoms with Gasteiger partial charge in [-0.1, -0.05) is 47.7 Å². The van der Waals surface area contributed by atoms with Crippen LogP contribution in [0.15, 0.2) is 34.7 Å². The molecule has 0 bridgehead atoms. The Labute approximate surface area is 173 Å². The van der Waals surface area contributed by atoms with Gasteiger partial charge in [0.25, 0.3) is 5.91 Å². The van der Waals surface area contributed by atoms with Crippen molar-refractivity contribution >= 4 is 40.6 Å². The Morgan fingerprint density at radius 2 is 1.89 bits per heavy atom. The Kier molecular flexibility index (Phi) is 8.25. The molecule has 1 aromatic heterocycles. The van der Waals surface area contributed by atoms with E-state index in [2.05, 4.69) is 25.7 Å². The van der Waals surface area contributed by atoms with Gasteiger partial charge < -0.3 is 15.5 Å². The minimum absolute atomic E-state index is 0.0193. The van der Waals surface area contributed by atoms with Gasteiger partial charge in [-0.05, 0) is 51.0 Å². The molecule has 1 fully saturated rings. The molecule has 1 aliphatic heterocycles. The molecule has 2 aromatic rings. The number of likely N-dealkylation sites (tertiary alicyclic amines) is 1. The largest absolute Gasteiger partial charge is 0.355 e. The van der Waals surface area contributed by atoms with Crippen molar-refractivity contribution < 1.29 is 9.59 Å². The Bertz CT molecular complexity index is 763. The topological polar surface area (TPSA) is 87.2 Å². The highest BCUT2D eigenvalue weighted by atomic mass is 32.2. The molecule has 0 saturated carbocycles. The monoisotopic (exact) mass is 419 g/mol. The number of para-hydroxylation sites is 1. The molecule has 2 N–H and O–H groups in total. The number of amides is 2. The van der Waals surface area contributed by atoms with E-state index in [-0.39, 0.29) is 22.6 Å². The fraction of sp³-hybridized carbons (Fsp3) is 0.474. The van der Waals surface area contributed by atoms with Gasteiger partial charge in [-0.3, -0.25) is 9.59 Å². The molecule has 0 spiro atoms. The molecule has 1 aliphatic rings. The van der Waals surface area contributed by atoms with Crippen LogP contribution in [0.4, 0.5) is 5.69 Å². The smallest absolute Gasteiger partial charge is 0.286 e. The summed E-state index contributed by atoms with van der Waals surface area (Å²) in [4.78, 5) is 26.6. The summed E-state index contributed by atoms with van der Waals surface area (Å²) >= 11 is 2.49. The first kappa shape index (κ1) is 20.8. The van der Waals surface area contributed by atoms with Crippen LogP contribution in [0.5, 0.6) is 0 Å². The van der Waals surface area contributed by atoms with Crippen molar-refractivity contribution in [3.05, 3.63) is 35.3 Å². The number of benzene rings is 1. The normalized spacial score (nSPS) is 14.6. The van der Waals surface area contributed by atoms with Gasteiger partial charge in [0.1, 0.15) is 0 Å². The van der Waals surface area contributed by atoms with E-state index in [1.807, 2.05) is 30.3 Å². The van der Waals surface area contributed by atoms with Gasteiger partial charge in [-0.2, -0.15) is 0 Å². The first-order valence-electron chi connectivity index (χ1n) is 9.52. The van der Waals surface area contributed by atoms with E-state index in [0.717, 1.165) is 13.0 Å². The number of rotatable bonds is 9. The summed E-state index contributed by atoms with van der Waals surface area (Å²) in [5.41, 5.74) is 0.709. The van der Waals surface area contributed by atoms with Crippen molar-refractivity contribution in [1.29, 1.82) is 0 Å². The molecule has 1 aromatic carbocycles. The number of hydrogen-bond donors (Lipinski definition) is 2. The van der Waals surface area contributed by atoms with Gasteiger partial charge >= 0.3 is 0 Å². The molecular weight excluding hydrogens is 394 g/mol. The van der Waals surface area contributed by atoms with Crippen molar-refractivity contribution in [2.75, 3.05) is 37.2 Å². The lowest BCUT2D eigenvalue weighted by Crippen LogP contribution is -2.33. The number of carbonyl (C=O) groups is 2. The van der Waals surface area contributed by atoms with Gasteiger partial charge in [0.05, 0.1) is 5.75 Å². The van der Waals surface area contributed by atoms with Crippen LogP contribution in [0.25, 0.3) is 0 Å². The van der Waals surface area contributed by atoms with E-state index in [4.69, 9.17) is 0 Å². The summed E-state index contributed by atoms with van der Waals surface area (Å²) < 4.78 is 0.613. The third-order valence-corrected chi connectivity index (χ3v) is 6.44. The van der Waals surface area contributed by atoms with Crippen LogP contribution in [0.3, 0.4) is 0 Å². The Hall–Kier alpha value is -1.97. The molecule has 0 aliphatic carbocycles. The highest BCUT2D eigenvalue weighted by molar-refractivity contribution is 8.01. The fourth-order valence-electron chi connectivity index (χ4n) is 2.96. The van der Waals surface area contributed by atoms with Crippen LogP contribution in [0, 0.1) is 0 Å². The average Bonchev–Trinajstić information content (AvgIpc) is 3.20. The summed E-state index contributed by atoms with van der Waals surface area (Å²) in [6.07, 6.45) is 4.89. The SMILES string of the molecule is O=C(CSc1nnc(C(=O)Nc2ccccc2)s1)NCCCN1CCCCC1. The molecule has 0 unspecified atom stereocenters. The highest BCUT2D eigenvalue weighted by Gasteiger charge is 2.14. The quantitative estimate of drug-likeness (QED) is 0.480. The van der Waals surface area contributed by atoms with Crippen LogP contribution in [0.2, 0.25) is 0 Å². The van der Waals surface area contributed by atoms with Gasteiger partial charge in [0.15, 0.2) is 4.34 Å². The second kappa shape index (κ2) is 11.1. The number of hydrogen-bond acceptors (Lipinski definition) is 7. The molecule has 1 saturated heterocycles. The van der Waals surface area contributed by atoms with Gasteiger partial charge in [-0.25, -0.2) is 0 Å². The fourth-order valence-corrected chi connectivity index (χ4v) is 4.53. The number of piperidine rings is 1. The minimum Gasteiger partial charge on any atom is -0.355 e. The summed E-state index contributed by atoms with van der Waals surface area (Å²) in [7, 11) is 0. The molecule has 150 valence electrons. The van der Waals surface area contributed by atoms with Crippen molar-refractivity contribution in [2.24, 2.45) is 0 Å². The van der Waals surface area contributed by atoms with Gasteiger partial charge in [0, 0.05) is 12.2 Å². The number of carbonyl (C=O) groups excluding carboxylic acids is 2. The van der Waals surface area contributed by atoms with Crippen LogP contribution in [-0.4, -0.2) is 58.8 Å². The van der Waals surface area contributed by atoms with E-state index >= 15 is 0 Å². The summed E-state index contributed by atoms with van der Waals surface area (Å²) in [5.74, 6) is -0.0367. The standard InChI is InChI=1S/C19H25N5O2S2/c25-16(20-10-7-13-24-11-5-2-6-12-24)14-27-19-23-22-18(28-19)17(26)21-15-8-3-1-4-9-15/h1,3-4,8-9H,2,5-7,10-14H2,(H,20,25)(H,21,26). The second-order valence-corrected chi connectivity index (χ2v) is 8.79.